The van der Waals surface area contributed by atoms with E-state index in [0.717, 1.165) is 29.8 Å². The van der Waals surface area contributed by atoms with Gasteiger partial charge in [0, 0.05) is 54.6 Å². The highest BCUT2D eigenvalue weighted by Crippen LogP contribution is 2.47. The topological polar surface area (TPSA) is 154 Å². The Morgan fingerprint density at radius 3 is 2.63 bits per heavy atom. The SMILES string of the molecule is COc1ccc(CNc2ncnc3c2c(-c2noc(C4CC4)c2C(=O)O)c(CNc2cnn(C)c2)n3C(C)C)c(OC)c1. The fraction of sp³-hybridized carbons (Fsp3) is 0.367. The molecule has 0 aliphatic heterocycles. The van der Waals surface area contributed by atoms with Gasteiger partial charge in [0.2, 0.25) is 0 Å². The van der Waals surface area contributed by atoms with Crippen molar-refractivity contribution in [3.8, 4) is 22.8 Å². The Morgan fingerprint density at radius 2 is 1.98 bits per heavy atom. The molecule has 224 valence electrons. The molecule has 4 heterocycles. The summed E-state index contributed by atoms with van der Waals surface area (Å²) in [6, 6.07) is 5.60. The number of hydrogen-bond acceptors (Lipinski definition) is 10. The van der Waals surface area contributed by atoms with Gasteiger partial charge in [-0.3, -0.25) is 4.68 Å². The van der Waals surface area contributed by atoms with E-state index in [0.29, 0.717) is 52.8 Å². The molecule has 1 fully saturated rings. The van der Waals surface area contributed by atoms with Crippen LogP contribution in [0.2, 0.25) is 0 Å². The van der Waals surface area contributed by atoms with E-state index in [2.05, 4.69) is 49.3 Å². The van der Waals surface area contributed by atoms with Crippen LogP contribution in [0.25, 0.3) is 22.3 Å². The van der Waals surface area contributed by atoms with Crippen molar-refractivity contribution >= 4 is 28.5 Å². The quantitative estimate of drug-likeness (QED) is 0.176. The number of aryl methyl sites for hydroxylation is 1. The Kier molecular flexibility index (Phi) is 7.38. The number of carboxylic acid groups (broad SMARTS) is 1. The maximum atomic E-state index is 12.7. The molecule has 0 bridgehead atoms. The van der Waals surface area contributed by atoms with Crippen molar-refractivity contribution in [2.75, 3.05) is 24.9 Å². The predicted octanol–water partition coefficient (Wildman–Crippen LogP) is 5.22. The first-order chi connectivity index (χ1) is 20.8. The van der Waals surface area contributed by atoms with E-state index in [1.165, 1.54) is 6.33 Å². The van der Waals surface area contributed by atoms with E-state index in [1.54, 1.807) is 25.1 Å². The number of fused-ring (bicyclic) bond motifs is 1. The Hall–Kier alpha value is -5.07. The highest BCUT2D eigenvalue weighted by atomic mass is 16.5. The molecule has 43 heavy (non-hydrogen) atoms. The molecule has 0 unspecified atom stereocenters. The number of aromatic nitrogens is 6. The zero-order valence-electron chi connectivity index (χ0n) is 24.7. The summed E-state index contributed by atoms with van der Waals surface area (Å²) < 4.78 is 20.5. The van der Waals surface area contributed by atoms with Crippen LogP contribution in [0.1, 0.15) is 66.0 Å². The number of methoxy groups -OCH3 is 2. The predicted molar refractivity (Wildman–Crippen MR) is 160 cm³/mol. The number of hydrogen-bond donors (Lipinski definition) is 3. The summed E-state index contributed by atoms with van der Waals surface area (Å²) in [5, 5.41) is 26.6. The lowest BCUT2D eigenvalue weighted by molar-refractivity contribution is 0.0695. The smallest absolute Gasteiger partial charge is 0.341 e. The van der Waals surface area contributed by atoms with Gasteiger partial charge in [0.15, 0.2) is 5.76 Å². The van der Waals surface area contributed by atoms with Crippen LogP contribution in [0.5, 0.6) is 11.5 Å². The lowest BCUT2D eigenvalue weighted by atomic mass is 10.0. The fourth-order valence-corrected chi connectivity index (χ4v) is 5.48. The second kappa shape index (κ2) is 11.3. The third kappa shape index (κ3) is 5.22. The van der Waals surface area contributed by atoms with Gasteiger partial charge in [-0.1, -0.05) is 5.16 Å². The monoisotopic (exact) mass is 586 g/mol. The lowest BCUT2D eigenvalue weighted by Crippen LogP contribution is -2.11. The molecule has 3 N–H and O–H groups in total. The summed E-state index contributed by atoms with van der Waals surface area (Å²) in [5.74, 6) is 1.27. The molecule has 0 amide bonds. The number of aromatic carboxylic acids is 1. The van der Waals surface area contributed by atoms with Gasteiger partial charge in [-0.05, 0) is 38.8 Å². The van der Waals surface area contributed by atoms with E-state index in [4.69, 9.17) is 14.0 Å². The molecule has 13 nitrogen and oxygen atoms in total. The Labute approximate surface area is 247 Å². The molecule has 1 saturated carbocycles. The summed E-state index contributed by atoms with van der Waals surface area (Å²) in [5.41, 5.74) is 4.13. The van der Waals surface area contributed by atoms with Crippen LogP contribution in [0, 0.1) is 0 Å². The average molecular weight is 587 g/mol. The molecule has 1 aliphatic carbocycles. The minimum absolute atomic E-state index is 0.0190. The number of benzene rings is 1. The fourth-order valence-electron chi connectivity index (χ4n) is 5.48. The summed E-state index contributed by atoms with van der Waals surface area (Å²) >= 11 is 0. The van der Waals surface area contributed by atoms with E-state index >= 15 is 0 Å². The van der Waals surface area contributed by atoms with Crippen molar-refractivity contribution in [2.24, 2.45) is 7.05 Å². The van der Waals surface area contributed by atoms with Crippen LogP contribution in [-0.2, 0) is 20.1 Å². The Bertz CT molecular complexity index is 1800. The van der Waals surface area contributed by atoms with Gasteiger partial charge in [-0.15, -0.1) is 0 Å². The maximum absolute atomic E-state index is 12.7. The summed E-state index contributed by atoms with van der Waals surface area (Å²) in [4.78, 5) is 22.0. The molecule has 4 aromatic heterocycles. The second-order valence-electron chi connectivity index (χ2n) is 10.8. The molecule has 0 atom stereocenters. The number of carbonyl (C=O) groups is 1. The first kappa shape index (κ1) is 28.1. The molecule has 13 heteroatoms. The minimum atomic E-state index is -1.08. The third-order valence-corrected chi connectivity index (χ3v) is 7.62. The second-order valence-corrected chi connectivity index (χ2v) is 10.8. The van der Waals surface area contributed by atoms with Crippen LogP contribution < -0.4 is 20.1 Å². The third-order valence-electron chi connectivity index (χ3n) is 7.62. The van der Waals surface area contributed by atoms with Crippen LogP contribution in [0.4, 0.5) is 11.5 Å². The van der Waals surface area contributed by atoms with Gasteiger partial charge in [0.05, 0.1) is 38.0 Å². The van der Waals surface area contributed by atoms with Crippen LogP contribution >= 0.6 is 0 Å². The molecule has 0 saturated heterocycles. The van der Waals surface area contributed by atoms with Crippen molar-refractivity contribution in [1.29, 1.82) is 0 Å². The summed E-state index contributed by atoms with van der Waals surface area (Å²) in [7, 11) is 5.07. The van der Waals surface area contributed by atoms with Gasteiger partial charge in [0.1, 0.15) is 40.5 Å². The molecule has 5 aromatic rings. The zero-order valence-corrected chi connectivity index (χ0v) is 24.7. The minimum Gasteiger partial charge on any atom is -0.497 e. The summed E-state index contributed by atoms with van der Waals surface area (Å²) in [6.45, 7) is 4.86. The first-order valence-electron chi connectivity index (χ1n) is 14.1. The maximum Gasteiger partial charge on any atom is 0.341 e. The van der Waals surface area contributed by atoms with Crippen LogP contribution in [-0.4, -0.2) is 54.8 Å². The zero-order chi connectivity index (χ0) is 30.2. The molecule has 1 aliphatic rings. The molecule has 6 rings (SSSR count). The van der Waals surface area contributed by atoms with E-state index < -0.39 is 5.97 Å². The highest BCUT2D eigenvalue weighted by molar-refractivity contribution is 6.07. The number of carboxylic acids is 1. The average Bonchev–Trinajstić information content (AvgIpc) is 3.45. The summed E-state index contributed by atoms with van der Waals surface area (Å²) in [6.07, 6.45) is 6.87. The normalized spacial score (nSPS) is 13.1. The number of nitrogens with zero attached hydrogens (tertiary/aromatic N) is 6. The lowest BCUT2D eigenvalue weighted by Gasteiger charge is -2.15. The van der Waals surface area contributed by atoms with Gasteiger partial charge in [0.25, 0.3) is 0 Å². The largest absolute Gasteiger partial charge is 0.497 e. The molecule has 1 aromatic carbocycles. The van der Waals surface area contributed by atoms with Crippen LogP contribution in [0.15, 0.2) is 41.4 Å². The van der Waals surface area contributed by atoms with Crippen molar-refractivity contribution in [2.45, 2.75) is 51.7 Å². The number of nitrogens with one attached hydrogen (secondary N) is 2. The van der Waals surface area contributed by atoms with E-state index in [9.17, 15) is 9.90 Å². The van der Waals surface area contributed by atoms with E-state index in [-0.39, 0.29) is 23.2 Å². The molecular weight excluding hydrogens is 552 g/mol. The van der Waals surface area contributed by atoms with Crippen molar-refractivity contribution in [3.05, 3.63) is 59.5 Å². The van der Waals surface area contributed by atoms with Crippen LogP contribution in [0.3, 0.4) is 0 Å². The van der Waals surface area contributed by atoms with Crippen molar-refractivity contribution in [1.82, 2.24) is 29.5 Å². The number of rotatable bonds is 12. The standard InChI is InChI=1S/C30H34N8O5/c1-16(2)38-21(13-31-19-12-35-37(3)14-19)23(26-25(30(39)40)27(43-36-26)17-6-7-17)24-28(33-15-34-29(24)38)32-11-18-8-9-20(41-4)10-22(18)42-5/h8-10,12,14-17,31H,6-7,11,13H2,1-5H3,(H,39,40)(H,32,33,34). The van der Waals surface area contributed by atoms with Gasteiger partial charge >= 0.3 is 5.97 Å². The van der Waals surface area contributed by atoms with Gasteiger partial charge in [-0.2, -0.15) is 5.10 Å². The Balaban J connectivity index is 1.53. The molecule has 0 radical (unpaired) electrons. The van der Waals surface area contributed by atoms with Crippen molar-refractivity contribution < 1.29 is 23.9 Å². The van der Waals surface area contributed by atoms with E-state index in [1.807, 2.05) is 31.4 Å². The highest BCUT2D eigenvalue weighted by Gasteiger charge is 2.38. The van der Waals surface area contributed by atoms with Gasteiger partial charge in [-0.25, -0.2) is 14.8 Å². The molecule has 0 spiro atoms. The van der Waals surface area contributed by atoms with Gasteiger partial charge < -0.3 is 34.3 Å². The Morgan fingerprint density at radius 1 is 1.16 bits per heavy atom. The number of ether oxygens (including phenoxy) is 2. The number of anilines is 2. The first-order valence-corrected chi connectivity index (χ1v) is 14.1. The van der Waals surface area contributed by atoms with Crippen molar-refractivity contribution in [3.63, 3.8) is 0 Å². The molecular formula is C30H34N8O5.